The molecule has 3 N–H and O–H groups in total. The zero-order chi connectivity index (χ0) is 16.4. The number of benzene rings is 1. The number of carboxylic acid groups (broad SMARTS) is 1. The maximum atomic E-state index is 11.5. The largest absolute Gasteiger partial charge is 0.491 e. The summed E-state index contributed by atoms with van der Waals surface area (Å²) < 4.78 is 5.44. The van der Waals surface area contributed by atoms with Gasteiger partial charge >= 0.3 is 5.97 Å². The van der Waals surface area contributed by atoms with Gasteiger partial charge in [-0.1, -0.05) is 12.1 Å². The Kier molecular flexibility index (Phi) is 7.99. The molecule has 0 bridgehead atoms. The number of aliphatic hydroxyl groups is 1. The van der Waals surface area contributed by atoms with Crippen LogP contribution in [0.3, 0.4) is 0 Å². The van der Waals surface area contributed by atoms with Crippen molar-refractivity contribution in [3.05, 3.63) is 29.8 Å². The molecule has 22 heavy (non-hydrogen) atoms. The number of ether oxygens (including phenoxy) is 1. The van der Waals surface area contributed by atoms with Gasteiger partial charge in [-0.25, -0.2) is 0 Å². The molecule has 6 nitrogen and oxygen atoms in total. The van der Waals surface area contributed by atoms with Gasteiger partial charge in [-0.2, -0.15) is 0 Å². The zero-order valence-electron chi connectivity index (χ0n) is 12.7. The van der Waals surface area contributed by atoms with Gasteiger partial charge in [0.25, 0.3) is 0 Å². The summed E-state index contributed by atoms with van der Waals surface area (Å²) in [5.74, 6) is -0.372. The first-order valence-electron chi connectivity index (χ1n) is 7.33. The Morgan fingerprint density at radius 1 is 1.27 bits per heavy atom. The number of aliphatic carboxylic acids is 1. The third-order valence-electron chi connectivity index (χ3n) is 3.01. The van der Waals surface area contributed by atoms with Crippen LogP contribution >= 0.6 is 0 Å². The Balaban J connectivity index is 2.13. The molecule has 0 aliphatic rings. The van der Waals surface area contributed by atoms with Crippen molar-refractivity contribution in [3.63, 3.8) is 0 Å². The minimum atomic E-state index is -0.857. The number of amides is 1. The van der Waals surface area contributed by atoms with Crippen molar-refractivity contribution in [2.45, 2.75) is 38.7 Å². The van der Waals surface area contributed by atoms with E-state index < -0.39 is 12.1 Å². The minimum absolute atomic E-state index is 0.0697. The zero-order valence-corrected chi connectivity index (χ0v) is 12.7. The molecule has 0 spiro atoms. The van der Waals surface area contributed by atoms with Crippen LogP contribution in [-0.2, 0) is 9.59 Å². The molecule has 0 aromatic heterocycles. The molecule has 0 aliphatic heterocycles. The number of hydrogen-bond donors (Lipinski definition) is 3. The van der Waals surface area contributed by atoms with Crippen LogP contribution in [0.5, 0.6) is 5.75 Å². The van der Waals surface area contributed by atoms with Gasteiger partial charge in [0.1, 0.15) is 18.5 Å². The lowest BCUT2D eigenvalue weighted by molar-refractivity contribution is -0.137. The molecule has 0 heterocycles. The molecule has 0 saturated carbocycles. The molecule has 1 amide bonds. The smallest absolute Gasteiger partial charge is 0.303 e. The SMILES string of the molecule is Cc1cccc(OCC(O)CNC(=O)CCCCC(=O)O)c1. The lowest BCUT2D eigenvalue weighted by Gasteiger charge is -2.13. The van der Waals surface area contributed by atoms with Crippen molar-refractivity contribution in [3.8, 4) is 5.75 Å². The monoisotopic (exact) mass is 309 g/mol. The lowest BCUT2D eigenvalue weighted by Crippen LogP contribution is -2.35. The van der Waals surface area contributed by atoms with Gasteiger partial charge in [0.15, 0.2) is 0 Å². The summed E-state index contributed by atoms with van der Waals surface area (Å²) in [6.07, 6.45) is 0.540. The van der Waals surface area contributed by atoms with E-state index in [4.69, 9.17) is 9.84 Å². The summed E-state index contributed by atoms with van der Waals surface area (Å²) >= 11 is 0. The Bertz CT molecular complexity index is 489. The number of carbonyl (C=O) groups excluding carboxylic acids is 1. The average molecular weight is 309 g/mol. The Hall–Kier alpha value is -2.08. The Labute approximate surface area is 130 Å². The number of unbranched alkanes of at least 4 members (excludes halogenated alkanes) is 1. The van der Waals surface area contributed by atoms with Crippen LogP contribution in [-0.4, -0.2) is 41.3 Å². The highest BCUT2D eigenvalue weighted by atomic mass is 16.5. The van der Waals surface area contributed by atoms with E-state index in [0.717, 1.165) is 5.56 Å². The third-order valence-corrected chi connectivity index (χ3v) is 3.01. The number of rotatable bonds is 10. The van der Waals surface area contributed by atoms with E-state index in [0.29, 0.717) is 18.6 Å². The average Bonchev–Trinajstić information content (AvgIpc) is 2.47. The molecule has 122 valence electrons. The molecule has 0 fully saturated rings. The number of aryl methyl sites for hydroxylation is 1. The van der Waals surface area contributed by atoms with Gasteiger partial charge < -0.3 is 20.3 Å². The van der Waals surface area contributed by atoms with Crippen molar-refractivity contribution < 1.29 is 24.5 Å². The maximum Gasteiger partial charge on any atom is 0.303 e. The minimum Gasteiger partial charge on any atom is -0.491 e. The summed E-state index contributed by atoms with van der Waals surface area (Å²) in [5.41, 5.74) is 1.07. The van der Waals surface area contributed by atoms with Crippen LogP contribution < -0.4 is 10.1 Å². The second-order valence-corrected chi connectivity index (χ2v) is 5.19. The van der Waals surface area contributed by atoms with Crippen LogP contribution in [0.2, 0.25) is 0 Å². The molecule has 0 radical (unpaired) electrons. The summed E-state index contributed by atoms with van der Waals surface area (Å²) in [6, 6.07) is 7.50. The van der Waals surface area contributed by atoms with E-state index in [2.05, 4.69) is 5.32 Å². The van der Waals surface area contributed by atoms with Gasteiger partial charge in [0.2, 0.25) is 5.91 Å². The van der Waals surface area contributed by atoms with Crippen molar-refractivity contribution in [2.24, 2.45) is 0 Å². The standard InChI is InChI=1S/C16H23NO5/c1-12-5-4-6-14(9-12)22-11-13(18)10-17-15(19)7-2-3-8-16(20)21/h4-6,9,13,18H,2-3,7-8,10-11H2,1H3,(H,17,19)(H,20,21). The molecule has 6 heteroatoms. The van der Waals surface area contributed by atoms with Crippen LogP contribution in [0.25, 0.3) is 0 Å². The van der Waals surface area contributed by atoms with Crippen LogP contribution in [0, 0.1) is 6.92 Å². The highest BCUT2D eigenvalue weighted by Crippen LogP contribution is 2.12. The quantitative estimate of drug-likeness (QED) is 0.569. The number of aliphatic hydroxyl groups excluding tert-OH is 1. The fraction of sp³-hybridized carbons (Fsp3) is 0.500. The van der Waals surface area contributed by atoms with Gasteiger partial charge in [-0.3, -0.25) is 9.59 Å². The fourth-order valence-corrected chi connectivity index (χ4v) is 1.84. The molecular formula is C16H23NO5. The van der Waals surface area contributed by atoms with E-state index in [1.54, 1.807) is 6.07 Å². The van der Waals surface area contributed by atoms with E-state index in [1.165, 1.54) is 0 Å². The summed E-state index contributed by atoms with van der Waals surface area (Å²) in [7, 11) is 0. The first-order valence-corrected chi connectivity index (χ1v) is 7.33. The summed E-state index contributed by atoms with van der Waals surface area (Å²) in [5, 5.41) is 20.8. The van der Waals surface area contributed by atoms with Crippen molar-refractivity contribution in [2.75, 3.05) is 13.2 Å². The van der Waals surface area contributed by atoms with Crippen molar-refractivity contribution >= 4 is 11.9 Å². The fourth-order valence-electron chi connectivity index (χ4n) is 1.84. The van der Waals surface area contributed by atoms with Gasteiger partial charge in [0.05, 0.1) is 0 Å². The third kappa shape index (κ3) is 8.26. The predicted molar refractivity (Wildman–Crippen MR) is 81.8 cm³/mol. The molecule has 0 aliphatic carbocycles. The Morgan fingerprint density at radius 2 is 2.00 bits per heavy atom. The van der Waals surface area contributed by atoms with Gasteiger partial charge in [0, 0.05) is 19.4 Å². The first-order chi connectivity index (χ1) is 10.5. The van der Waals surface area contributed by atoms with Crippen LogP contribution in [0.1, 0.15) is 31.2 Å². The molecule has 0 saturated heterocycles. The highest BCUT2D eigenvalue weighted by molar-refractivity contribution is 5.75. The summed E-state index contributed by atoms with van der Waals surface area (Å²) in [6.45, 7) is 2.17. The van der Waals surface area contributed by atoms with Crippen LogP contribution in [0.15, 0.2) is 24.3 Å². The number of carboxylic acids is 1. The molecule has 1 atom stereocenters. The van der Waals surface area contributed by atoms with E-state index in [1.807, 2.05) is 25.1 Å². The molecule has 1 unspecified atom stereocenters. The topological polar surface area (TPSA) is 95.9 Å². The molecule has 1 aromatic carbocycles. The van der Waals surface area contributed by atoms with Crippen molar-refractivity contribution in [1.29, 1.82) is 0 Å². The predicted octanol–water partition coefficient (Wildman–Crippen LogP) is 1.50. The van der Waals surface area contributed by atoms with E-state index in [9.17, 15) is 14.7 Å². The molecular weight excluding hydrogens is 286 g/mol. The normalized spacial score (nSPS) is 11.7. The van der Waals surface area contributed by atoms with Crippen LogP contribution in [0.4, 0.5) is 0 Å². The van der Waals surface area contributed by atoms with Crippen molar-refractivity contribution in [1.82, 2.24) is 5.32 Å². The lowest BCUT2D eigenvalue weighted by atomic mass is 10.2. The second kappa shape index (κ2) is 9.78. The Morgan fingerprint density at radius 3 is 2.68 bits per heavy atom. The van der Waals surface area contributed by atoms with Gasteiger partial charge in [-0.15, -0.1) is 0 Å². The first kappa shape index (κ1) is 18.0. The second-order valence-electron chi connectivity index (χ2n) is 5.19. The summed E-state index contributed by atoms with van der Waals surface area (Å²) in [4.78, 5) is 21.8. The van der Waals surface area contributed by atoms with E-state index >= 15 is 0 Å². The number of nitrogens with one attached hydrogen (secondary N) is 1. The highest BCUT2D eigenvalue weighted by Gasteiger charge is 2.08. The number of hydrogen-bond acceptors (Lipinski definition) is 4. The van der Waals surface area contributed by atoms with Gasteiger partial charge in [-0.05, 0) is 37.5 Å². The number of carbonyl (C=O) groups is 2. The van der Waals surface area contributed by atoms with E-state index in [-0.39, 0.29) is 31.9 Å². The molecule has 1 rings (SSSR count). The molecule has 1 aromatic rings. The maximum absolute atomic E-state index is 11.5.